The summed E-state index contributed by atoms with van der Waals surface area (Å²) in [4.78, 5) is 22.4. The summed E-state index contributed by atoms with van der Waals surface area (Å²) >= 11 is 1.75. The van der Waals surface area contributed by atoms with Gasteiger partial charge in [0.2, 0.25) is 0 Å². The topological polar surface area (TPSA) is 91.6 Å². The molecule has 6 nitrogen and oxygen atoms in total. The Morgan fingerprint density at radius 3 is 2.70 bits per heavy atom. The normalized spacial score (nSPS) is 11.9. The van der Waals surface area contributed by atoms with E-state index in [1.807, 2.05) is 6.26 Å². The summed E-state index contributed by atoms with van der Waals surface area (Å²) in [7, 11) is 0. The molecule has 3 N–H and O–H groups in total. The summed E-state index contributed by atoms with van der Waals surface area (Å²) in [5.74, 6) is -0.274. The average molecular weight is 300 g/mol. The molecule has 0 fully saturated rings. The minimum atomic E-state index is -1.03. The van der Waals surface area contributed by atoms with Crippen molar-refractivity contribution in [3.63, 3.8) is 0 Å². The molecule has 1 atom stereocenters. The number of urea groups is 1. The predicted octanol–water partition coefficient (Wildman–Crippen LogP) is 2.23. The van der Waals surface area contributed by atoms with Crippen molar-refractivity contribution in [2.45, 2.75) is 32.1 Å². The molecule has 7 heteroatoms. The van der Waals surface area contributed by atoms with E-state index in [0.29, 0.717) is 23.3 Å². The van der Waals surface area contributed by atoms with Gasteiger partial charge >= 0.3 is 12.0 Å². The molecule has 20 heavy (non-hydrogen) atoms. The second-order valence-corrected chi connectivity index (χ2v) is 5.71. The molecule has 0 aliphatic carbocycles. The number of furan rings is 1. The van der Waals surface area contributed by atoms with Gasteiger partial charge in [-0.15, -0.1) is 0 Å². The van der Waals surface area contributed by atoms with Crippen molar-refractivity contribution in [1.82, 2.24) is 10.6 Å². The minimum Gasteiger partial charge on any atom is -0.478 e. The zero-order valence-corrected chi connectivity index (χ0v) is 12.7. The van der Waals surface area contributed by atoms with E-state index >= 15 is 0 Å². The quantitative estimate of drug-likeness (QED) is 0.718. The summed E-state index contributed by atoms with van der Waals surface area (Å²) in [6, 6.07) is 1.14. The molecule has 0 bridgehead atoms. The molecule has 1 unspecified atom stereocenters. The van der Waals surface area contributed by atoms with Crippen LogP contribution in [0.3, 0.4) is 0 Å². The smallest absolute Gasteiger partial charge is 0.339 e. The van der Waals surface area contributed by atoms with Crippen LogP contribution >= 0.6 is 11.8 Å². The van der Waals surface area contributed by atoms with Crippen LogP contribution in [-0.2, 0) is 6.54 Å². The molecular weight excluding hydrogens is 280 g/mol. The van der Waals surface area contributed by atoms with Crippen LogP contribution in [0.5, 0.6) is 0 Å². The molecule has 1 aromatic rings. The van der Waals surface area contributed by atoms with Gasteiger partial charge in [0.05, 0.1) is 6.54 Å². The molecule has 0 aliphatic heterocycles. The summed E-state index contributed by atoms with van der Waals surface area (Å²) in [5, 5.41) is 14.8. The van der Waals surface area contributed by atoms with Crippen LogP contribution in [-0.4, -0.2) is 35.2 Å². The summed E-state index contributed by atoms with van der Waals surface area (Å²) in [6.45, 7) is 4.45. The van der Waals surface area contributed by atoms with E-state index in [2.05, 4.69) is 17.6 Å². The lowest BCUT2D eigenvalue weighted by Gasteiger charge is -2.09. The van der Waals surface area contributed by atoms with Gasteiger partial charge in [0.15, 0.2) is 0 Å². The molecule has 1 rings (SSSR count). The molecule has 0 saturated carbocycles. The Kier molecular flexibility index (Phi) is 6.44. The second kappa shape index (κ2) is 7.84. The number of hydrogen-bond acceptors (Lipinski definition) is 4. The average Bonchev–Trinajstić information content (AvgIpc) is 2.77. The number of hydrogen-bond donors (Lipinski definition) is 3. The number of aromatic carboxylic acids is 1. The van der Waals surface area contributed by atoms with Gasteiger partial charge in [0, 0.05) is 11.8 Å². The number of carboxylic acids is 1. The third kappa shape index (κ3) is 5.16. The molecule has 112 valence electrons. The van der Waals surface area contributed by atoms with Gasteiger partial charge in [-0.05, 0) is 25.7 Å². The number of carboxylic acid groups (broad SMARTS) is 1. The number of rotatable bonds is 7. The number of carbonyl (C=O) groups excluding carboxylic acids is 1. The molecule has 0 aliphatic rings. The van der Waals surface area contributed by atoms with Gasteiger partial charge in [0.1, 0.15) is 17.1 Å². The highest BCUT2D eigenvalue weighted by Crippen LogP contribution is 2.14. The molecular formula is C13H20N2O4S. The van der Waals surface area contributed by atoms with Gasteiger partial charge in [-0.3, -0.25) is 0 Å². The Bertz CT molecular complexity index is 473. The highest BCUT2D eigenvalue weighted by Gasteiger charge is 2.14. The highest BCUT2D eigenvalue weighted by molar-refractivity contribution is 7.99. The van der Waals surface area contributed by atoms with Crippen LogP contribution in [0.25, 0.3) is 0 Å². The van der Waals surface area contributed by atoms with E-state index in [1.54, 1.807) is 18.7 Å². The van der Waals surface area contributed by atoms with Crippen molar-refractivity contribution >= 4 is 23.8 Å². The fourth-order valence-electron chi connectivity index (χ4n) is 1.58. The Morgan fingerprint density at radius 2 is 2.15 bits per heavy atom. The predicted molar refractivity (Wildman–Crippen MR) is 78.2 cm³/mol. The fraction of sp³-hybridized carbons (Fsp3) is 0.538. The number of aryl methyl sites for hydroxylation is 1. The molecule has 0 spiro atoms. The lowest BCUT2D eigenvalue weighted by atomic mass is 10.2. The first-order valence-electron chi connectivity index (χ1n) is 6.31. The molecule has 1 heterocycles. The Hall–Kier alpha value is -1.63. The summed E-state index contributed by atoms with van der Waals surface area (Å²) in [5.41, 5.74) is 0.121. The fourth-order valence-corrected chi connectivity index (χ4v) is 1.93. The van der Waals surface area contributed by atoms with Crippen LogP contribution in [0.1, 0.15) is 35.2 Å². The van der Waals surface area contributed by atoms with Crippen LogP contribution in [0.15, 0.2) is 10.5 Å². The Morgan fingerprint density at radius 1 is 1.45 bits per heavy atom. The SMILES string of the molecule is CSC(C)CCNC(=O)NCc1cc(C(=O)O)c(C)o1. The Balaban J connectivity index is 2.34. The van der Waals surface area contributed by atoms with Crippen molar-refractivity contribution in [3.05, 3.63) is 23.2 Å². The van der Waals surface area contributed by atoms with Crippen molar-refractivity contribution in [2.75, 3.05) is 12.8 Å². The van der Waals surface area contributed by atoms with Crippen molar-refractivity contribution < 1.29 is 19.1 Å². The zero-order valence-electron chi connectivity index (χ0n) is 11.9. The van der Waals surface area contributed by atoms with Gasteiger partial charge in [-0.2, -0.15) is 11.8 Å². The lowest BCUT2D eigenvalue weighted by Crippen LogP contribution is -2.36. The van der Waals surface area contributed by atoms with E-state index in [1.165, 1.54) is 6.07 Å². The number of amides is 2. The monoisotopic (exact) mass is 300 g/mol. The first-order chi connectivity index (χ1) is 9.43. The first kappa shape index (κ1) is 16.4. The van der Waals surface area contributed by atoms with E-state index in [0.717, 1.165) is 6.42 Å². The zero-order chi connectivity index (χ0) is 15.1. The van der Waals surface area contributed by atoms with Crippen LogP contribution in [0.4, 0.5) is 4.79 Å². The maximum Gasteiger partial charge on any atom is 0.339 e. The maximum atomic E-state index is 11.5. The lowest BCUT2D eigenvalue weighted by molar-refractivity contribution is 0.0695. The van der Waals surface area contributed by atoms with Crippen LogP contribution in [0, 0.1) is 6.92 Å². The first-order valence-corrected chi connectivity index (χ1v) is 7.60. The highest BCUT2D eigenvalue weighted by atomic mass is 32.2. The van der Waals surface area contributed by atoms with Crippen LogP contribution in [0.2, 0.25) is 0 Å². The van der Waals surface area contributed by atoms with Gasteiger partial charge in [-0.1, -0.05) is 6.92 Å². The van der Waals surface area contributed by atoms with Crippen molar-refractivity contribution in [2.24, 2.45) is 0 Å². The third-order valence-corrected chi connectivity index (χ3v) is 3.90. The Labute approximate surface area is 122 Å². The number of carbonyl (C=O) groups is 2. The van der Waals surface area contributed by atoms with E-state index in [-0.39, 0.29) is 18.1 Å². The van der Waals surface area contributed by atoms with E-state index < -0.39 is 5.97 Å². The maximum absolute atomic E-state index is 11.5. The molecule has 0 radical (unpaired) electrons. The van der Waals surface area contributed by atoms with E-state index in [9.17, 15) is 9.59 Å². The van der Waals surface area contributed by atoms with Crippen molar-refractivity contribution in [1.29, 1.82) is 0 Å². The number of nitrogens with one attached hydrogen (secondary N) is 2. The molecule has 0 aromatic carbocycles. The van der Waals surface area contributed by atoms with Gasteiger partial charge in [0.25, 0.3) is 0 Å². The summed E-state index contributed by atoms with van der Waals surface area (Å²) < 4.78 is 5.26. The minimum absolute atomic E-state index is 0.121. The number of thioether (sulfide) groups is 1. The second-order valence-electron chi connectivity index (χ2n) is 4.43. The largest absolute Gasteiger partial charge is 0.478 e. The molecule has 1 aromatic heterocycles. The standard InChI is InChI=1S/C13H20N2O4S/c1-8(20-3)4-5-14-13(18)15-7-10-6-11(12(16)17)9(2)19-10/h6,8H,4-5,7H2,1-3H3,(H,16,17)(H2,14,15,18). The van der Waals surface area contributed by atoms with E-state index in [4.69, 9.17) is 9.52 Å². The van der Waals surface area contributed by atoms with Gasteiger partial charge < -0.3 is 20.2 Å². The van der Waals surface area contributed by atoms with Crippen LogP contribution < -0.4 is 10.6 Å². The molecule has 0 saturated heterocycles. The summed E-state index contributed by atoms with van der Waals surface area (Å²) in [6.07, 6.45) is 2.93. The van der Waals surface area contributed by atoms with Crippen molar-refractivity contribution in [3.8, 4) is 0 Å². The molecule has 2 amide bonds. The van der Waals surface area contributed by atoms with Gasteiger partial charge in [-0.25, -0.2) is 9.59 Å². The third-order valence-electron chi connectivity index (χ3n) is 2.86.